The van der Waals surface area contributed by atoms with E-state index in [0.29, 0.717) is 12.6 Å². The lowest BCUT2D eigenvalue weighted by atomic mass is 10.0. The van der Waals surface area contributed by atoms with Crippen molar-refractivity contribution in [3.8, 4) is 0 Å². The third-order valence-electron chi connectivity index (χ3n) is 3.75. The zero-order chi connectivity index (χ0) is 13.7. The minimum atomic E-state index is -0.344. The van der Waals surface area contributed by atoms with Gasteiger partial charge in [-0.3, -0.25) is 10.1 Å². The van der Waals surface area contributed by atoms with Crippen molar-refractivity contribution in [1.82, 2.24) is 10.2 Å². The van der Waals surface area contributed by atoms with Gasteiger partial charge in [0.2, 0.25) is 0 Å². The molecule has 1 N–H and O–H groups in total. The molecule has 0 aliphatic carbocycles. The minimum Gasteiger partial charge on any atom is -0.310 e. The summed E-state index contributed by atoms with van der Waals surface area (Å²) in [6.07, 6.45) is 2.31. The number of hydrogen-bond acceptors (Lipinski definition) is 4. The van der Waals surface area contributed by atoms with Gasteiger partial charge in [0.05, 0.1) is 4.92 Å². The smallest absolute Gasteiger partial charge is 0.269 e. The molecule has 19 heavy (non-hydrogen) atoms. The SMILES string of the molecule is CCN1CCC(NCc2cccc([N+](=O)[O-])c2)CC1. The Morgan fingerprint density at radius 2 is 2.16 bits per heavy atom. The van der Waals surface area contributed by atoms with Gasteiger partial charge in [0.25, 0.3) is 5.69 Å². The summed E-state index contributed by atoms with van der Waals surface area (Å²) >= 11 is 0. The van der Waals surface area contributed by atoms with E-state index in [9.17, 15) is 10.1 Å². The van der Waals surface area contributed by atoms with Crippen molar-refractivity contribution in [3.05, 3.63) is 39.9 Å². The third-order valence-corrected chi connectivity index (χ3v) is 3.75. The fourth-order valence-corrected chi connectivity index (χ4v) is 2.50. The minimum absolute atomic E-state index is 0.167. The highest BCUT2D eigenvalue weighted by Crippen LogP contribution is 2.14. The van der Waals surface area contributed by atoms with Crippen LogP contribution < -0.4 is 5.32 Å². The largest absolute Gasteiger partial charge is 0.310 e. The highest BCUT2D eigenvalue weighted by Gasteiger charge is 2.17. The van der Waals surface area contributed by atoms with Crippen molar-refractivity contribution in [2.24, 2.45) is 0 Å². The van der Waals surface area contributed by atoms with Crippen LogP contribution in [0.25, 0.3) is 0 Å². The summed E-state index contributed by atoms with van der Waals surface area (Å²) in [5.41, 5.74) is 1.15. The molecule has 0 amide bonds. The molecule has 1 fully saturated rings. The van der Waals surface area contributed by atoms with Crippen LogP contribution in [0.1, 0.15) is 25.3 Å². The van der Waals surface area contributed by atoms with Crippen LogP contribution in [-0.4, -0.2) is 35.5 Å². The van der Waals surface area contributed by atoms with Crippen LogP contribution in [-0.2, 0) is 6.54 Å². The highest BCUT2D eigenvalue weighted by molar-refractivity contribution is 5.34. The van der Waals surface area contributed by atoms with Crippen LogP contribution in [0.4, 0.5) is 5.69 Å². The number of piperidine rings is 1. The lowest BCUT2D eigenvalue weighted by Crippen LogP contribution is -2.42. The van der Waals surface area contributed by atoms with Gasteiger partial charge in [-0.05, 0) is 38.0 Å². The molecule has 1 saturated heterocycles. The summed E-state index contributed by atoms with van der Waals surface area (Å²) in [5, 5.41) is 14.2. The first kappa shape index (κ1) is 14.0. The second-order valence-electron chi connectivity index (χ2n) is 5.02. The zero-order valence-corrected chi connectivity index (χ0v) is 11.3. The molecule has 104 valence electrons. The van der Waals surface area contributed by atoms with E-state index in [4.69, 9.17) is 0 Å². The Bertz CT molecular complexity index is 428. The molecule has 0 saturated carbocycles. The summed E-state index contributed by atoms with van der Waals surface area (Å²) < 4.78 is 0. The Morgan fingerprint density at radius 1 is 1.42 bits per heavy atom. The first-order chi connectivity index (χ1) is 9.19. The number of nitro benzene ring substituents is 1. The van der Waals surface area contributed by atoms with Crippen LogP contribution in [0, 0.1) is 10.1 Å². The number of nitrogens with one attached hydrogen (secondary N) is 1. The van der Waals surface area contributed by atoms with Crippen LogP contribution >= 0.6 is 0 Å². The maximum Gasteiger partial charge on any atom is 0.269 e. The molecule has 0 aromatic heterocycles. The van der Waals surface area contributed by atoms with Gasteiger partial charge in [-0.1, -0.05) is 19.1 Å². The van der Waals surface area contributed by atoms with E-state index in [0.717, 1.165) is 38.0 Å². The van der Waals surface area contributed by atoms with Gasteiger partial charge in [-0.2, -0.15) is 0 Å². The van der Waals surface area contributed by atoms with Crippen molar-refractivity contribution >= 4 is 5.69 Å². The van der Waals surface area contributed by atoms with Crippen LogP contribution in [0.15, 0.2) is 24.3 Å². The lowest BCUT2D eigenvalue weighted by Gasteiger charge is -2.31. The summed E-state index contributed by atoms with van der Waals surface area (Å²) in [6, 6.07) is 7.38. The maximum atomic E-state index is 10.7. The third kappa shape index (κ3) is 4.01. The Balaban J connectivity index is 1.82. The van der Waals surface area contributed by atoms with Gasteiger partial charge < -0.3 is 10.2 Å². The molecule has 0 bridgehead atoms. The van der Waals surface area contributed by atoms with Gasteiger partial charge in [0.1, 0.15) is 0 Å². The molecule has 0 unspecified atom stereocenters. The van der Waals surface area contributed by atoms with E-state index in [1.165, 1.54) is 6.07 Å². The Hall–Kier alpha value is -1.46. The Kier molecular flexibility index (Phi) is 4.87. The van der Waals surface area contributed by atoms with Crippen LogP contribution in [0.5, 0.6) is 0 Å². The van der Waals surface area contributed by atoms with E-state index < -0.39 is 0 Å². The van der Waals surface area contributed by atoms with Gasteiger partial charge in [0, 0.05) is 24.7 Å². The molecule has 1 heterocycles. The van der Waals surface area contributed by atoms with E-state index in [1.807, 2.05) is 6.07 Å². The summed E-state index contributed by atoms with van der Waals surface area (Å²) in [6.45, 7) is 6.30. The molecule has 0 radical (unpaired) electrons. The monoisotopic (exact) mass is 263 g/mol. The van der Waals surface area contributed by atoms with E-state index in [1.54, 1.807) is 12.1 Å². The van der Waals surface area contributed by atoms with Gasteiger partial charge >= 0.3 is 0 Å². The highest BCUT2D eigenvalue weighted by atomic mass is 16.6. The molecule has 0 spiro atoms. The fourth-order valence-electron chi connectivity index (χ4n) is 2.50. The summed E-state index contributed by atoms with van der Waals surface area (Å²) in [4.78, 5) is 12.8. The molecule has 1 aromatic carbocycles. The predicted molar refractivity (Wildman–Crippen MR) is 75.1 cm³/mol. The predicted octanol–water partition coefficient (Wildman–Crippen LogP) is 2.17. The van der Waals surface area contributed by atoms with Crippen molar-refractivity contribution in [1.29, 1.82) is 0 Å². The summed E-state index contributed by atoms with van der Waals surface area (Å²) in [7, 11) is 0. The van der Waals surface area contributed by atoms with Gasteiger partial charge in [-0.25, -0.2) is 0 Å². The molecule has 0 atom stereocenters. The molecular weight excluding hydrogens is 242 g/mol. The topological polar surface area (TPSA) is 58.4 Å². The van der Waals surface area contributed by atoms with Gasteiger partial charge in [-0.15, -0.1) is 0 Å². The molecule has 5 heteroatoms. The number of nitro groups is 1. The number of hydrogen-bond donors (Lipinski definition) is 1. The standard InChI is InChI=1S/C14H21N3O2/c1-2-16-8-6-13(7-9-16)15-11-12-4-3-5-14(10-12)17(18)19/h3-5,10,13,15H,2,6-9,11H2,1H3. The van der Waals surface area contributed by atoms with Gasteiger partial charge in [0.15, 0.2) is 0 Å². The normalized spacial score (nSPS) is 17.5. The molecule has 1 aliphatic rings. The Labute approximate surface area is 113 Å². The average molecular weight is 263 g/mol. The van der Waals surface area contributed by atoms with Crippen LogP contribution in [0.3, 0.4) is 0 Å². The van der Waals surface area contributed by atoms with Crippen molar-refractivity contribution < 1.29 is 4.92 Å². The fraction of sp³-hybridized carbons (Fsp3) is 0.571. The first-order valence-corrected chi connectivity index (χ1v) is 6.88. The second-order valence-corrected chi connectivity index (χ2v) is 5.02. The number of benzene rings is 1. The first-order valence-electron chi connectivity index (χ1n) is 6.88. The van der Waals surface area contributed by atoms with E-state index >= 15 is 0 Å². The number of nitrogens with zero attached hydrogens (tertiary/aromatic N) is 2. The lowest BCUT2D eigenvalue weighted by molar-refractivity contribution is -0.384. The molecule has 1 aliphatic heterocycles. The zero-order valence-electron chi connectivity index (χ0n) is 11.3. The van der Waals surface area contributed by atoms with Crippen molar-refractivity contribution in [2.75, 3.05) is 19.6 Å². The number of likely N-dealkylation sites (tertiary alicyclic amines) is 1. The number of non-ortho nitro benzene ring substituents is 1. The maximum absolute atomic E-state index is 10.7. The summed E-state index contributed by atoms with van der Waals surface area (Å²) in [5.74, 6) is 0. The molecule has 2 rings (SSSR count). The van der Waals surface area contributed by atoms with E-state index in [-0.39, 0.29) is 10.6 Å². The van der Waals surface area contributed by atoms with Crippen molar-refractivity contribution in [2.45, 2.75) is 32.4 Å². The molecule has 1 aromatic rings. The molecular formula is C14H21N3O2. The van der Waals surface area contributed by atoms with E-state index in [2.05, 4.69) is 17.1 Å². The number of rotatable bonds is 5. The molecule has 5 nitrogen and oxygen atoms in total. The Morgan fingerprint density at radius 3 is 2.79 bits per heavy atom. The average Bonchev–Trinajstić information content (AvgIpc) is 2.46. The van der Waals surface area contributed by atoms with Crippen LogP contribution in [0.2, 0.25) is 0 Å². The second kappa shape index (κ2) is 6.63. The van der Waals surface area contributed by atoms with Crippen molar-refractivity contribution in [3.63, 3.8) is 0 Å². The quantitative estimate of drug-likeness (QED) is 0.653.